The molecule has 142 valence electrons. The van der Waals surface area contributed by atoms with Crippen molar-refractivity contribution < 1.29 is 19.1 Å². The quantitative estimate of drug-likeness (QED) is 0.763. The van der Waals surface area contributed by atoms with E-state index < -0.39 is 18.1 Å². The van der Waals surface area contributed by atoms with E-state index in [0.717, 1.165) is 16.9 Å². The highest BCUT2D eigenvalue weighted by molar-refractivity contribution is 5.88. The van der Waals surface area contributed by atoms with Crippen LogP contribution in [0.4, 0.5) is 0 Å². The molecule has 27 heavy (non-hydrogen) atoms. The first-order chi connectivity index (χ1) is 13.0. The third-order valence-corrected chi connectivity index (χ3v) is 4.47. The summed E-state index contributed by atoms with van der Waals surface area (Å²) < 4.78 is 11.1. The molecule has 0 aromatic heterocycles. The van der Waals surface area contributed by atoms with Gasteiger partial charge in [0.05, 0.1) is 0 Å². The Morgan fingerprint density at radius 2 is 1.81 bits per heavy atom. The van der Waals surface area contributed by atoms with Gasteiger partial charge in [-0.15, -0.1) is 0 Å². The summed E-state index contributed by atoms with van der Waals surface area (Å²) in [5.41, 5.74) is 1.92. The van der Waals surface area contributed by atoms with Crippen molar-refractivity contribution in [2.24, 2.45) is 5.92 Å². The minimum absolute atomic E-state index is 0.190. The molecule has 0 saturated heterocycles. The second-order valence-electron chi connectivity index (χ2n) is 7.20. The van der Waals surface area contributed by atoms with Crippen LogP contribution < -0.4 is 10.1 Å². The largest absolute Gasteiger partial charge is 0.480 e. The average molecular weight is 367 g/mol. The summed E-state index contributed by atoms with van der Waals surface area (Å²) in [6.45, 7) is 4.20. The van der Waals surface area contributed by atoms with Gasteiger partial charge in [-0.25, -0.2) is 4.79 Å². The van der Waals surface area contributed by atoms with Gasteiger partial charge in [0.25, 0.3) is 5.91 Å². The van der Waals surface area contributed by atoms with Gasteiger partial charge in [0, 0.05) is 6.42 Å². The first kappa shape index (κ1) is 19.0. The number of carbonyl (C=O) groups excluding carboxylic acids is 2. The van der Waals surface area contributed by atoms with E-state index in [1.165, 1.54) is 0 Å². The van der Waals surface area contributed by atoms with Gasteiger partial charge in [0.15, 0.2) is 6.10 Å². The van der Waals surface area contributed by atoms with E-state index in [4.69, 9.17) is 9.47 Å². The molecule has 1 unspecified atom stereocenters. The fourth-order valence-corrected chi connectivity index (χ4v) is 3.11. The maximum Gasteiger partial charge on any atom is 0.328 e. The van der Waals surface area contributed by atoms with Crippen molar-refractivity contribution >= 4 is 11.9 Å². The van der Waals surface area contributed by atoms with Crippen molar-refractivity contribution in [2.75, 3.05) is 0 Å². The molecule has 0 fully saturated rings. The molecular weight excluding hydrogens is 342 g/mol. The second kappa shape index (κ2) is 8.71. The van der Waals surface area contributed by atoms with Crippen LogP contribution in [0.3, 0.4) is 0 Å². The van der Waals surface area contributed by atoms with Crippen LogP contribution in [0.2, 0.25) is 0 Å². The Labute approximate surface area is 159 Å². The molecule has 5 heteroatoms. The van der Waals surface area contributed by atoms with E-state index in [1.807, 2.05) is 68.4 Å². The van der Waals surface area contributed by atoms with Crippen LogP contribution in [0.15, 0.2) is 54.6 Å². The van der Waals surface area contributed by atoms with E-state index in [1.54, 1.807) is 0 Å². The predicted octanol–water partition coefficient (Wildman–Crippen LogP) is 3.26. The molecule has 3 rings (SSSR count). The summed E-state index contributed by atoms with van der Waals surface area (Å²) >= 11 is 0. The van der Waals surface area contributed by atoms with Crippen LogP contribution >= 0.6 is 0 Å². The number of para-hydroxylation sites is 1. The zero-order valence-corrected chi connectivity index (χ0v) is 15.7. The van der Waals surface area contributed by atoms with Gasteiger partial charge in [-0.05, 0) is 29.5 Å². The van der Waals surface area contributed by atoms with E-state index in [9.17, 15) is 9.59 Å². The molecule has 0 bridgehead atoms. The highest BCUT2D eigenvalue weighted by Crippen LogP contribution is 2.28. The van der Waals surface area contributed by atoms with Crippen molar-refractivity contribution in [3.63, 3.8) is 0 Å². The van der Waals surface area contributed by atoms with Crippen LogP contribution in [0.5, 0.6) is 5.75 Å². The Morgan fingerprint density at radius 3 is 2.52 bits per heavy atom. The molecule has 0 spiro atoms. The van der Waals surface area contributed by atoms with Crippen molar-refractivity contribution in [1.29, 1.82) is 0 Å². The summed E-state index contributed by atoms with van der Waals surface area (Å²) in [5, 5.41) is 2.82. The van der Waals surface area contributed by atoms with Gasteiger partial charge in [0.1, 0.15) is 18.4 Å². The Morgan fingerprint density at radius 1 is 1.11 bits per heavy atom. The molecule has 2 aromatic rings. The minimum Gasteiger partial charge on any atom is -0.480 e. The molecule has 0 radical (unpaired) electrons. The van der Waals surface area contributed by atoms with Crippen molar-refractivity contribution in [3.8, 4) is 5.75 Å². The third-order valence-electron chi connectivity index (χ3n) is 4.47. The second-order valence-corrected chi connectivity index (χ2v) is 7.20. The molecule has 0 aliphatic carbocycles. The summed E-state index contributed by atoms with van der Waals surface area (Å²) in [6.07, 6.45) is 0.410. The van der Waals surface area contributed by atoms with E-state index >= 15 is 0 Å². The molecule has 1 amide bonds. The average Bonchev–Trinajstić information content (AvgIpc) is 3.10. The number of fused-ring (bicyclic) bond motifs is 1. The summed E-state index contributed by atoms with van der Waals surface area (Å²) in [5.74, 6) is 0.260. The van der Waals surface area contributed by atoms with Crippen molar-refractivity contribution in [1.82, 2.24) is 5.32 Å². The van der Waals surface area contributed by atoms with Gasteiger partial charge < -0.3 is 14.8 Å². The molecule has 1 N–H and O–H groups in total. The zero-order valence-electron chi connectivity index (χ0n) is 15.7. The van der Waals surface area contributed by atoms with Crippen LogP contribution in [-0.2, 0) is 27.4 Å². The lowest BCUT2D eigenvalue weighted by molar-refractivity contribution is -0.150. The number of amides is 1. The number of esters is 1. The van der Waals surface area contributed by atoms with Gasteiger partial charge in [-0.2, -0.15) is 0 Å². The van der Waals surface area contributed by atoms with E-state index in [-0.39, 0.29) is 18.4 Å². The number of hydrogen-bond donors (Lipinski definition) is 1. The lowest BCUT2D eigenvalue weighted by Crippen LogP contribution is -2.48. The van der Waals surface area contributed by atoms with Crippen LogP contribution in [0, 0.1) is 5.92 Å². The molecule has 2 atom stereocenters. The molecule has 0 saturated carbocycles. The summed E-state index contributed by atoms with van der Waals surface area (Å²) in [6, 6.07) is 16.4. The molecule has 2 aromatic carbocycles. The van der Waals surface area contributed by atoms with Crippen molar-refractivity contribution in [2.45, 2.75) is 45.4 Å². The van der Waals surface area contributed by atoms with Crippen LogP contribution in [-0.4, -0.2) is 24.0 Å². The molecule has 1 aliphatic heterocycles. The van der Waals surface area contributed by atoms with Gasteiger partial charge in [0.2, 0.25) is 0 Å². The summed E-state index contributed by atoms with van der Waals surface area (Å²) in [7, 11) is 0. The smallest absolute Gasteiger partial charge is 0.328 e. The highest BCUT2D eigenvalue weighted by Gasteiger charge is 2.32. The lowest BCUT2D eigenvalue weighted by Gasteiger charge is -2.21. The molecule has 5 nitrogen and oxygen atoms in total. The fourth-order valence-electron chi connectivity index (χ4n) is 3.11. The predicted molar refractivity (Wildman–Crippen MR) is 102 cm³/mol. The van der Waals surface area contributed by atoms with Crippen LogP contribution in [0.25, 0.3) is 0 Å². The monoisotopic (exact) mass is 367 g/mol. The summed E-state index contributed by atoms with van der Waals surface area (Å²) in [4.78, 5) is 25.2. The fraction of sp³-hybridized carbons (Fsp3) is 0.364. The van der Waals surface area contributed by atoms with Crippen LogP contribution in [0.1, 0.15) is 31.4 Å². The number of ether oxygens (including phenoxy) is 2. The minimum atomic E-state index is -0.687. The lowest BCUT2D eigenvalue weighted by atomic mass is 10.0. The molecular formula is C22H25NO4. The number of benzene rings is 2. The van der Waals surface area contributed by atoms with Gasteiger partial charge in [-0.3, -0.25) is 4.79 Å². The third kappa shape index (κ3) is 5.09. The molecule has 1 aliphatic rings. The standard InChI is InChI=1S/C22H25NO4/c1-15(2)12-18(22(25)26-14-16-8-4-3-5-9-16)23-21(24)20-13-17-10-6-7-11-19(17)27-20/h3-11,15,18,20H,12-14H2,1-2H3,(H,23,24)/t18-,20?/m0/s1. The number of carbonyl (C=O) groups is 2. The number of rotatable bonds is 7. The maximum atomic E-state index is 12.6. The Balaban J connectivity index is 1.59. The number of nitrogens with one attached hydrogen (secondary N) is 1. The van der Waals surface area contributed by atoms with Gasteiger partial charge >= 0.3 is 5.97 Å². The Bertz CT molecular complexity index is 763. The first-order valence-electron chi connectivity index (χ1n) is 9.28. The van der Waals surface area contributed by atoms with Crippen molar-refractivity contribution in [3.05, 3.63) is 65.7 Å². The maximum absolute atomic E-state index is 12.6. The van der Waals surface area contributed by atoms with Gasteiger partial charge in [-0.1, -0.05) is 62.4 Å². The number of hydrogen-bond acceptors (Lipinski definition) is 4. The Kier molecular flexibility index (Phi) is 6.12. The highest BCUT2D eigenvalue weighted by atomic mass is 16.5. The zero-order chi connectivity index (χ0) is 19.2. The SMILES string of the molecule is CC(C)C[C@H](NC(=O)C1Cc2ccccc2O1)C(=O)OCc1ccccc1. The van der Waals surface area contributed by atoms with E-state index in [0.29, 0.717) is 12.8 Å². The molecule has 1 heterocycles. The van der Waals surface area contributed by atoms with E-state index in [2.05, 4.69) is 5.32 Å². The normalized spacial score (nSPS) is 16.3. The topological polar surface area (TPSA) is 64.6 Å². The first-order valence-corrected chi connectivity index (χ1v) is 9.28. The Hall–Kier alpha value is -2.82.